The summed E-state index contributed by atoms with van der Waals surface area (Å²) in [5, 5.41) is 8.01. The Morgan fingerprint density at radius 1 is 1.07 bits per heavy atom. The Hall–Kier alpha value is -2.71. The molecule has 2 N–H and O–H groups in total. The van der Waals surface area contributed by atoms with Crippen molar-refractivity contribution < 1.29 is 14.0 Å². The van der Waals surface area contributed by atoms with E-state index in [4.69, 9.17) is 0 Å². The molecule has 148 valence electrons. The summed E-state index contributed by atoms with van der Waals surface area (Å²) in [6, 6.07) is 13.5. The number of amides is 2. The van der Waals surface area contributed by atoms with Crippen molar-refractivity contribution in [3.8, 4) is 11.3 Å². The standard InChI is InChI=1S/C21H18FN3O2S2/c22-15-5-3-13(4-6-15)18-11-29-21(24-18)25-19(26)12-28-17-9-7-16(8-10-17)23-20(27)14-1-2-14/h3-11,14H,1-2,12H2,(H,23,27)(H,24,25,26). The van der Waals surface area contributed by atoms with Gasteiger partial charge in [0.25, 0.3) is 0 Å². The Bertz CT molecular complexity index is 1020. The van der Waals surface area contributed by atoms with Crippen LogP contribution in [0.25, 0.3) is 11.3 Å². The number of nitrogens with one attached hydrogen (secondary N) is 2. The summed E-state index contributed by atoms with van der Waals surface area (Å²) in [4.78, 5) is 29.3. The van der Waals surface area contributed by atoms with E-state index in [0.29, 0.717) is 10.8 Å². The van der Waals surface area contributed by atoms with Gasteiger partial charge in [-0.15, -0.1) is 23.1 Å². The number of halogens is 1. The topological polar surface area (TPSA) is 71.1 Å². The number of carbonyl (C=O) groups excluding carboxylic acids is 2. The Morgan fingerprint density at radius 2 is 1.79 bits per heavy atom. The van der Waals surface area contributed by atoms with Crippen molar-refractivity contribution in [3.05, 3.63) is 59.7 Å². The number of carbonyl (C=O) groups is 2. The molecule has 1 aliphatic carbocycles. The predicted octanol–water partition coefficient (Wildman–Crippen LogP) is 5.03. The van der Waals surface area contributed by atoms with Gasteiger partial charge in [-0.3, -0.25) is 9.59 Å². The van der Waals surface area contributed by atoms with E-state index in [2.05, 4.69) is 15.6 Å². The molecule has 3 aromatic rings. The molecule has 1 fully saturated rings. The van der Waals surface area contributed by atoms with E-state index in [0.717, 1.165) is 29.0 Å². The number of hydrogen-bond acceptors (Lipinski definition) is 5. The molecule has 29 heavy (non-hydrogen) atoms. The van der Waals surface area contributed by atoms with Crippen LogP contribution < -0.4 is 10.6 Å². The van der Waals surface area contributed by atoms with E-state index < -0.39 is 0 Å². The molecule has 2 amide bonds. The first-order valence-electron chi connectivity index (χ1n) is 9.12. The fourth-order valence-electron chi connectivity index (χ4n) is 2.61. The lowest BCUT2D eigenvalue weighted by Crippen LogP contribution is -2.14. The molecule has 2 aromatic carbocycles. The lowest BCUT2D eigenvalue weighted by atomic mass is 10.2. The maximum absolute atomic E-state index is 13.0. The minimum atomic E-state index is -0.298. The van der Waals surface area contributed by atoms with E-state index in [9.17, 15) is 14.0 Å². The van der Waals surface area contributed by atoms with Crippen LogP contribution in [0.2, 0.25) is 0 Å². The molecule has 1 heterocycles. The van der Waals surface area contributed by atoms with E-state index in [1.807, 2.05) is 29.6 Å². The zero-order valence-electron chi connectivity index (χ0n) is 15.4. The summed E-state index contributed by atoms with van der Waals surface area (Å²) < 4.78 is 13.0. The number of hydrogen-bond donors (Lipinski definition) is 2. The zero-order valence-corrected chi connectivity index (χ0v) is 17.0. The minimum Gasteiger partial charge on any atom is -0.326 e. The van der Waals surface area contributed by atoms with E-state index in [-0.39, 0.29) is 29.3 Å². The van der Waals surface area contributed by atoms with Crippen molar-refractivity contribution in [1.82, 2.24) is 4.98 Å². The third-order valence-electron chi connectivity index (χ3n) is 4.33. The Labute approximate surface area is 175 Å². The first-order chi connectivity index (χ1) is 14.1. The fourth-order valence-corrected chi connectivity index (χ4v) is 4.05. The van der Waals surface area contributed by atoms with Crippen molar-refractivity contribution in [2.75, 3.05) is 16.4 Å². The van der Waals surface area contributed by atoms with Gasteiger partial charge in [0.15, 0.2) is 5.13 Å². The van der Waals surface area contributed by atoms with Crippen LogP contribution in [0.1, 0.15) is 12.8 Å². The van der Waals surface area contributed by atoms with E-state index in [1.165, 1.54) is 35.2 Å². The number of anilines is 2. The molecule has 1 aromatic heterocycles. The molecule has 0 atom stereocenters. The summed E-state index contributed by atoms with van der Waals surface area (Å²) in [7, 11) is 0. The van der Waals surface area contributed by atoms with Crippen molar-refractivity contribution in [2.24, 2.45) is 5.92 Å². The minimum absolute atomic E-state index is 0.0771. The van der Waals surface area contributed by atoms with Gasteiger partial charge < -0.3 is 10.6 Å². The number of nitrogens with zero attached hydrogens (tertiary/aromatic N) is 1. The Balaban J connectivity index is 1.26. The van der Waals surface area contributed by atoms with Gasteiger partial charge in [-0.05, 0) is 61.4 Å². The van der Waals surface area contributed by atoms with Crippen LogP contribution >= 0.6 is 23.1 Å². The second-order valence-electron chi connectivity index (χ2n) is 6.67. The third-order valence-corrected chi connectivity index (χ3v) is 6.10. The highest BCUT2D eigenvalue weighted by Gasteiger charge is 2.29. The number of rotatable bonds is 7. The first kappa shape index (κ1) is 19.6. The molecule has 1 aliphatic rings. The highest BCUT2D eigenvalue weighted by atomic mass is 32.2. The van der Waals surface area contributed by atoms with Gasteiger partial charge in [-0.25, -0.2) is 9.37 Å². The summed E-state index contributed by atoms with van der Waals surface area (Å²) >= 11 is 2.74. The van der Waals surface area contributed by atoms with Crippen LogP contribution in [0.5, 0.6) is 0 Å². The quantitative estimate of drug-likeness (QED) is 0.519. The molecule has 4 rings (SSSR count). The molecule has 0 bridgehead atoms. The second kappa shape index (κ2) is 8.75. The second-order valence-corrected chi connectivity index (χ2v) is 8.58. The Kier molecular flexibility index (Phi) is 5.92. The molecular weight excluding hydrogens is 409 g/mol. The van der Waals surface area contributed by atoms with E-state index in [1.54, 1.807) is 12.1 Å². The lowest BCUT2D eigenvalue weighted by Gasteiger charge is -2.06. The van der Waals surface area contributed by atoms with Crippen molar-refractivity contribution in [1.29, 1.82) is 0 Å². The molecule has 0 spiro atoms. The monoisotopic (exact) mass is 427 g/mol. The molecule has 0 saturated heterocycles. The van der Waals surface area contributed by atoms with Crippen molar-refractivity contribution in [3.63, 3.8) is 0 Å². The van der Waals surface area contributed by atoms with Gasteiger partial charge >= 0.3 is 0 Å². The van der Waals surface area contributed by atoms with Gasteiger partial charge in [0.05, 0.1) is 11.4 Å². The number of thioether (sulfide) groups is 1. The molecule has 0 aliphatic heterocycles. The zero-order chi connectivity index (χ0) is 20.2. The van der Waals surface area contributed by atoms with Gasteiger partial charge in [0.2, 0.25) is 11.8 Å². The van der Waals surface area contributed by atoms with Gasteiger partial charge in [-0.1, -0.05) is 0 Å². The molecule has 0 radical (unpaired) electrons. The molecule has 8 heteroatoms. The third kappa shape index (κ3) is 5.42. The molecule has 5 nitrogen and oxygen atoms in total. The maximum atomic E-state index is 13.0. The van der Waals surface area contributed by atoms with Crippen molar-refractivity contribution in [2.45, 2.75) is 17.7 Å². The van der Waals surface area contributed by atoms with Crippen LogP contribution in [0.15, 0.2) is 58.8 Å². The summed E-state index contributed by atoms with van der Waals surface area (Å²) in [5.41, 5.74) is 2.26. The summed E-state index contributed by atoms with van der Waals surface area (Å²) in [6.07, 6.45) is 1.94. The summed E-state index contributed by atoms with van der Waals surface area (Å²) in [5.74, 6) is 0.0450. The van der Waals surface area contributed by atoms with Crippen LogP contribution in [-0.4, -0.2) is 22.6 Å². The number of thiazole rings is 1. The summed E-state index contributed by atoms with van der Waals surface area (Å²) in [6.45, 7) is 0. The fraction of sp³-hybridized carbons (Fsp3) is 0.190. The van der Waals surface area contributed by atoms with Crippen LogP contribution in [0, 0.1) is 11.7 Å². The van der Waals surface area contributed by atoms with Crippen LogP contribution in [-0.2, 0) is 9.59 Å². The van der Waals surface area contributed by atoms with Gasteiger partial charge in [0, 0.05) is 27.4 Å². The average Bonchev–Trinajstić information content (AvgIpc) is 3.48. The first-order valence-corrected chi connectivity index (χ1v) is 11.0. The molecular formula is C21H18FN3O2S2. The highest BCUT2D eigenvalue weighted by molar-refractivity contribution is 8.00. The molecule has 1 saturated carbocycles. The normalized spacial score (nSPS) is 13.1. The Morgan fingerprint density at radius 3 is 2.48 bits per heavy atom. The smallest absolute Gasteiger partial charge is 0.236 e. The van der Waals surface area contributed by atoms with Gasteiger partial charge in [-0.2, -0.15) is 0 Å². The highest BCUT2D eigenvalue weighted by Crippen LogP contribution is 2.30. The average molecular weight is 428 g/mol. The van der Waals surface area contributed by atoms with Crippen LogP contribution in [0.3, 0.4) is 0 Å². The lowest BCUT2D eigenvalue weighted by molar-refractivity contribution is -0.117. The largest absolute Gasteiger partial charge is 0.326 e. The number of aromatic nitrogens is 1. The predicted molar refractivity (Wildman–Crippen MR) is 115 cm³/mol. The number of benzene rings is 2. The van der Waals surface area contributed by atoms with Crippen LogP contribution in [0.4, 0.5) is 15.2 Å². The van der Waals surface area contributed by atoms with E-state index >= 15 is 0 Å². The SMILES string of the molecule is O=C(CSc1ccc(NC(=O)C2CC2)cc1)Nc1nc(-c2ccc(F)cc2)cs1. The van der Waals surface area contributed by atoms with Gasteiger partial charge in [0.1, 0.15) is 5.82 Å². The van der Waals surface area contributed by atoms with Crippen molar-refractivity contribution >= 4 is 45.7 Å². The maximum Gasteiger partial charge on any atom is 0.236 e. The molecule has 0 unspecified atom stereocenters.